The molecule has 0 amide bonds. The predicted molar refractivity (Wildman–Crippen MR) is 132 cm³/mol. The Bertz CT molecular complexity index is 1510. The maximum Gasteiger partial charge on any atom is 0.255 e. The highest BCUT2D eigenvalue weighted by atomic mass is 35.5. The lowest BCUT2D eigenvalue weighted by atomic mass is 10.1. The van der Waals surface area contributed by atoms with E-state index in [-0.39, 0.29) is 0 Å². The molecule has 3 heterocycles. The maximum atomic E-state index is 9.87. The van der Waals surface area contributed by atoms with Gasteiger partial charge in [-0.3, -0.25) is 4.98 Å². The molecule has 5 aromatic rings. The van der Waals surface area contributed by atoms with E-state index in [2.05, 4.69) is 31.4 Å². The van der Waals surface area contributed by atoms with Crippen molar-refractivity contribution in [1.82, 2.24) is 24.6 Å². The predicted octanol–water partition coefficient (Wildman–Crippen LogP) is 5.97. The number of nitrogens with zero attached hydrogens (tertiary/aromatic N) is 6. The number of aromatic nitrogens is 5. The zero-order chi connectivity index (χ0) is 23.5. The number of halogens is 1. The lowest BCUT2D eigenvalue weighted by molar-refractivity contribution is 0.482. The van der Waals surface area contributed by atoms with Crippen LogP contribution >= 0.6 is 23.4 Å². The lowest BCUT2D eigenvalue weighted by Gasteiger charge is -2.09. The second-order valence-corrected chi connectivity index (χ2v) is 8.28. The average molecular weight is 486 g/mol. The van der Waals surface area contributed by atoms with Crippen LogP contribution in [0.4, 0.5) is 11.6 Å². The average Bonchev–Trinajstić information content (AvgIpc) is 3.26. The number of hydrogen-bond donors (Lipinski definition) is 1. The molecule has 0 aliphatic heterocycles. The van der Waals surface area contributed by atoms with E-state index in [1.54, 1.807) is 41.2 Å². The van der Waals surface area contributed by atoms with E-state index >= 15 is 0 Å². The Balaban J connectivity index is 1.49. The number of fused-ring (bicyclic) bond motifs is 1. The van der Waals surface area contributed by atoms with Crippen LogP contribution in [-0.2, 0) is 0 Å². The topological polar surface area (TPSA) is 101 Å². The fourth-order valence-electron chi connectivity index (χ4n) is 3.36. The summed E-state index contributed by atoms with van der Waals surface area (Å²) in [5, 5.41) is 18.8. The summed E-state index contributed by atoms with van der Waals surface area (Å²) >= 11 is 7.59. The number of thioether (sulfide) groups is 1. The van der Waals surface area contributed by atoms with E-state index in [0.717, 1.165) is 11.3 Å². The monoisotopic (exact) mass is 485 g/mol. The third-order valence-electron chi connectivity index (χ3n) is 4.85. The fourth-order valence-corrected chi connectivity index (χ4v) is 4.07. The molecule has 166 valence electrons. The highest BCUT2D eigenvalue weighted by Crippen LogP contribution is 2.32. The molecule has 0 bridgehead atoms. The van der Waals surface area contributed by atoms with Crippen molar-refractivity contribution in [3.8, 4) is 28.8 Å². The molecule has 0 aliphatic rings. The fraction of sp³-hybridized carbons (Fsp3) is 0.0417. The van der Waals surface area contributed by atoms with Gasteiger partial charge in [-0.1, -0.05) is 23.7 Å². The number of ether oxygens (including phenoxy) is 1. The Kier molecular flexibility index (Phi) is 5.99. The Morgan fingerprint density at radius 3 is 2.50 bits per heavy atom. The molecule has 0 saturated carbocycles. The van der Waals surface area contributed by atoms with Gasteiger partial charge >= 0.3 is 0 Å². The summed E-state index contributed by atoms with van der Waals surface area (Å²) < 4.78 is 7.36. The standard InChI is InChI=1S/C24H16ClN7OS/c1-34-22-20(14-26)21(15-3-2-4-16(25)13-15)32-24(29-22)30-23(31-32)28-17-5-7-18(8-6-17)33-19-9-11-27-12-10-19/h2-13H,1H3,(H,28,31). The van der Waals surface area contributed by atoms with Crippen LogP contribution in [0, 0.1) is 11.3 Å². The summed E-state index contributed by atoms with van der Waals surface area (Å²) in [6, 6.07) is 20.5. The number of benzene rings is 2. The highest BCUT2D eigenvalue weighted by molar-refractivity contribution is 7.98. The summed E-state index contributed by atoms with van der Waals surface area (Å²) in [6.45, 7) is 0. The molecule has 3 aromatic heterocycles. The van der Waals surface area contributed by atoms with E-state index in [0.29, 0.717) is 44.5 Å². The molecule has 0 saturated heterocycles. The van der Waals surface area contributed by atoms with E-state index < -0.39 is 0 Å². The first-order valence-electron chi connectivity index (χ1n) is 10.1. The zero-order valence-electron chi connectivity index (χ0n) is 17.8. The lowest BCUT2D eigenvalue weighted by Crippen LogP contribution is -2.03. The molecule has 0 spiro atoms. The number of nitrogens with one attached hydrogen (secondary N) is 1. The third-order valence-corrected chi connectivity index (χ3v) is 5.77. The van der Waals surface area contributed by atoms with Crippen molar-refractivity contribution >= 4 is 40.8 Å². The summed E-state index contributed by atoms with van der Waals surface area (Å²) in [6.07, 6.45) is 5.21. The molecular formula is C24H16ClN7OS. The summed E-state index contributed by atoms with van der Waals surface area (Å²) in [4.78, 5) is 13.0. The van der Waals surface area contributed by atoms with Gasteiger partial charge in [-0.15, -0.1) is 16.9 Å². The maximum absolute atomic E-state index is 9.87. The van der Waals surface area contributed by atoms with E-state index in [1.165, 1.54) is 11.8 Å². The number of nitriles is 1. The van der Waals surface area contributed by atoms with Crippen LogP contribution in [0.3, 0.4) is 0 Å². The Hall–Kier alpha value is -4.13. The number of pyridine rings is 1. The summed E-state index contributed by atoms with van der Waals surface area (Å²) in [7, 11) is 0. The molecule has 2 aromatic carbocycles. The molecule has 10 heteroatoms. The molecule has 8 nitrogen and oxygen atoms in total. The van der Waals surface area contributed by atoms with Crippen molar-refractivity contribution in [3.63, 3.8) is 0 Å². The second kappa shape index (κ2) is 9.39. The van der Waals surface area contributed by atoms with Gasteiger partial charge in [0, 0.05) is 28.7 Å². The van der Waals surface area contributed by atoms with Crippen LogP contribution in [0.1, 0.15) is 5.56 Å². The first-order valence-corrected chi connectivity index (χ1v) is 11.7. The van der Waals surface area contributed by atoms with Crippen LogP contribution in [0.5, 0.6) is 11.5 Å². The van der Waals surface area contributed by atoms with Gasteiger partial charge in [0.05, 0.1) is 5.69 Å². The van der Waals surface area contributed by atoms with Crippen molar-refractivity contribution in [2.24, 2.45) is 0 Å². The summed E-state index contributed by atoms with van der Waals surface area (Å²) in [5.74, 6) is 2.11. The van der Waals surface area contributed by atoms with Gasteiger partial charge in [0.25, 0.3) is 5.78 Å². The minimum absolute atomic E-state index is 0.348. The van der Waals surface area contributed by atoms with Crippen molar-refractivity contribution in [2.45, 2.75) is 5.03 Å². The third kappa shape index (κ3) is 4.37. The van der Waals surface area contributed by atoms with Crippen LogP contribution in [-0.4, -0.2) is 30.8 Å². The van der Waals surface area contributed by atoms with Gasteiger partial charge in [0.1, 0.15) is 28.2 Å². The molecule has 0 fully saturated rings. The highest BCUT2D eigenvalue weighted by Gasteiger charge is 2.20. The van der Waals surface area contributed by atoms with Crippen LogP contribution in [0.2, 0.25) is 5.02 Å². The second-order valence-electron chi connectivity index (χ2n) is 7.05. The van der Waals surface area contributed by atoms with Crippen LogP contribution in [0.25, 0.3) is 17.0 Å². The van der Waals surface area contributed by atoms with Crippen molar-refractivity contribution in [3.05, 3.63) is 83.6 Å². The number of anilines is 2. The number of rotatable bonds is 6. The molecule has 5 rings (SSSR count). The molecule has 0 aliphatic carbocycles. The SMILES string of the molecule is CSc1nc2nc(Nc3ccc(Oc4ccncc4)cc3)nn2c(-c2cccc(Cl)c2)c1C#N. The van der Waals surface area contributed by atoms with E-state index in [4.69, 9.17) is 16.3 Å². The number of hydrogen-bond acceptors (Lipinski definition) is 8. The van der Waals surface area contributed by atoms with Crippen LogP contribution < -0.4 is 10.1 Å². The van der Waals surface area contributed by atoms with Crippen LogP contribution in [0.15, 0.2) is 78.1 Å². The van der Waals surface area contributed by atoms with Gasteiger partial charge in [0.2, 0.25) is 5.95 Å². The van der Waals surface area contributed by atoms with Crippen molar-refractivity contribution in [2.75, 3.05) is 11.6 Å². The first-order chi connectivity index (χ1) is 16.6. The summed E-state index contributed by atoms with van der Waals surface area (Å²) in [5.41, 5.74) is 2.52. The molecule has 34 heavy (non-hydrogen) atoms. The molecular weight excluding hydrogens is 470 g/mol. The molecule has 0 atom stereocenters. The Morgan fingerprint density at radius 2 is 1.79 bits per heavy atom. The minimum atomic E-state index is 0.348. The van der Waals surface area contributed by atoms with Crippen molar-refractivity contribution in [1.29, 1.82) is 5.26 Å². The Labute approximate surface area is 204 Å². The van der Waals surface area contributed by atoms with Gasteiger partial charge in [-0.25, -0.2) is 4.98 Å². The quantitative estimate of drug-likeness (QED) is 0.232. The van der Waals surface area contributed by atoms with Crippen molar-refractivity contribution < 1.29 is 4.74 Å². The molecule has 0 unspecified atom stereocenters. The van der Waals surface area contributed by atoms with Gasteiger partial charge < -0.3 is 10.1 Å². The minimum Gasteiger partial charge on any atom is -0.457 e. The Morgan fingerprint density at radius 1 is 1.03 bits per heavy atom. The largest absolute Gasteiger partial charge is 0.457 e. The zero-order valence-corrected chi connectivity index (χ0v) is 19.4. The van der Waals surface area contributed by atoms with Gasteiger partial charge in [0.15, 0.2) is 0 Å². The van der Waals surface area contributed by atoms with E-state index in [9.17, 15) is 5.26 Å². The first kappa shape index (κ1) is 21.7. The molecule has 1 N–H and O–H groups in total. The van der Waals surface area contributed by atoms with E-state index in [1.807, 2.05) is 42.7 Å². The smallest absolute Gasteiger partial charge is 0.255 e. The molecule has 0 radical (unpaired) electrons. The normalized spacial score (nSPS) is 10.7. The van der Waals surface area contributed by atoms with Gasteiger partial charge in [-0.05, 0) is 54.8 Å². The van der Waals surface area contributed by atoms with Gasteiger partial charge in [-0.2, -0.15) is 14.8 Å².